The van der Waals surface area contributed by atoms with Crippen molar-refractivity contribution in [2.45, 2.75) is 64.3 Å². The van der Waals surface area contributed by atoms with Crippen molar-refractivity contribution >= 4 is 17.2 Å². The van der Waals surface area contributed by atoms with E-state index in [-0.39, 0.29) is 17.9 Å². The highest BCUT2D eigenvalue weighted by atomic mass is 32.1. The summed E-state index contributed by atoms with van der Waals surface area (Å²) in [5.74, 6) is 0.560. The molecule has 0 aliphatic heterocycles. The number of aromatic nitrogens is 1. The van der Waals surface area contributed by atoms with Crippen LogP contribution in [0.15, 0.2) is 5.38 Å². The molecular formula is C16H27N3OS. The van der Waals surface area contributed by atoms with Gasteiger partial charge in [-0.15, -0.1) is 11.3 Å². The van der Waals surface area contributed by atoms with Crippen LogP contribution in [0.2, 0.25) is 0 Å². The number of amides is 1. The molecule has 1 aliphatic rings. The van der Waals surface area contributed by atoms with Crippen LogP contribution in [0.5, 0.6) is 0 Å². The van der Waals surface area contributed by atoms with Gasteiger partial charge >= 0.3 is 0 Å². The Bertz CT molecular complexity index is 452. The van der Waals surface area contributed by atoms with Crippen LogP contribution in [0, 0.1) is 5.92 Å². The van der Waals surface area contributed by atoms with Crippen LogP contribution in [-0.2, 0) is 11.2 Å². The Morgan fingerprint density at radius 2 is 2.14 bits per heavy atom. The van der Waals surface area contributed by atoms with E-state index in [1.54, 1.807) is 11.3 Å². The van der Waals surface area contributed by atoms with Crippen molar-refractivity contribution in [1.82, 2.24) is 10.3 Å². The van der Waals surface area contributed by atoms with Gasteiger partial charge in [0.2, 0.25) is 5.91 Å². The van der Waals surface area contributed by atoms with Gasteiger partial charge in [0, 0.05) is 36.2 Å². The summed E-state index contributed by atoms with van der Waals surface area (Å²) in [5.41, 5.74) is 7.00. The lowest BCUT2D eigenvalue weighted by molar-refractivity contribution is -0.124. The first-order valence-electron chi connectivity index (χ1n) is 8.05. The third-order valence-corrected chi connectivity index (χ3v) is 5.36. The van der Waals surface area contributed by atoms with Crippen LogP contribution in [0.4, 0.5) is 0 Å². The molecule has 118 valence electrons. The second-order valence-electron chi connectivity index (χ2n) is 6.19. The van der Waals surface area contributed by atoms with Crippen molar-refractivity contribution in [3.05, 3.63) is 16.1 Å². The Labute approximate surface area is 131 Å². The molecule has 21 heavy (non-hydrogen) atoms. The molecule has 2 rings (SSSR count). The van der Waals surface area contributed by atoms with E-state index >= 15 is 0 Å². The molecule has 1 saturated carbocycles. The zero-order valence-electron chi connectivity index (χ0n) is 13.1. The number of nitrogens with two attached hydrogens (primary N) is 1. The summed E-state index contributed by atoms with van der Waals surface area (Å²) >= 11 is 1.72. The van der Waals surface area contributed by atoms with Crippen molar-refractivity contribution in [3.8, 4) is 0 Å². The normalized spacial score (nSPS) is 19.2. The molecule has 1 aromatic rings. The number of thiazole rings is 1. The van der Waals surface area contributed by atoms with Crippen molar-refractivity contribution in [3.63, 3.8) is 0 Å². The first-order chi connectivity index (χ1) is 10.1. The molecule has 0 bridgehead atoms. The maximum absolute atomic E-state index is 11.8. The SMILES string of the molecule is CC(N)C(C)C(=O)NCCc1nc(C2CCCCC2)cs1. The van der Waals surface area contributed by atoms with E-state index in [0.717, 1.165) is 11.4 Å². The quantitative estimate of drug-likeness (QED) is 0.849. The standard InChI is InChI=1S/C16H27N3OS/c1-11(12(2)17)16(20)18-9-8-15-19-14(10-21-15)13-6-4-3-5-7-13/h10-13H,3-9,17H2,1-2H3,(H,18,20). The molecule has 0 aromatic carbocycles. The lowest BCUT2D eigenvalue weighted by atomic mass is 9.87. The molecule has 1 aliphatic carbocycles. The molecule has 1 heterocycles. The van der Waals surface area contributed by atoms with Gasteiger partial charge in [-0.3, -0.25) is 4.79 Å². The van der Waals surface area contributed by atoms with E-state index in [0.29, 0.717) is 12.5 Å². The zero-order valence-corrected chi connectivity index (χ0v) is 13.9. The maximum atomic E-state index is 11.8. The van der Waals surface area contributed by atoms with Gasteiger partial charge in [0.1, 0.15) is 0 Å². The monoisotopic (exact) mass is 309 g/mol. The number of hydrogen-bond donors (Lipinski definition) is 2. The molecule has 0 spiro atoms. The van der Waals surface area contributed by atoms with Gasteiger partial charge in [0.25, 0.3) is 0 Å². The predicted molar refractivity (Wildman–Crippen MR) is 87.5 cm³/mol. The fraction of sp³-hybridized carbons (Fsp3) is 0.750. The topological polar surface area (TPSA) is 68.0 Å². The van der Waals surface area contributed by atoms with Crippen LogP contribution in [0.25, 0.3) is 0 Å². The van der Waals surface area contributed by atoms with Crippen molar-refractivity contribution < 1.29 is 4.79 Å². The lowest BCUT2D eigenvalue weighted by Gasteiger charge is -2.19. The largest absolute Gasteiger partial charge is 0.355 e. The van der Waals surface area contributed by atoms with Crippen LogP contribution in [-0.4, -0.2) is 23.5 Å². The van der Waals surface area contributed by atoms with Crippen molar-refractivity contribution in [1.29, 1.82) is 0 Å². The van der Waals surface area contributed by atoms with E-state index in [4.69, 9.17) is 10.7 Å². The van der Waals surface area contributed by atoms with Gasteiger partial charge in [-0.05, 0) is 19.8 Å². The second-order valence-corrected chi connectivity index (χ2v) is 7.13. The van der Waals surface area contributed by atoms with E-state index in [1.165, 1.54) is 37.8 Å². The third kappa shape index (κ3) is 4.78. The Hall–Kier alpha value is -0.940. The Kier molecular flexibility index (Phi) is 6.18. The summed E-state index contributed by atoms with van der Waals surface area (Å²) in [7, 11) is 0. The molecule has 1 aromatic heterocycles. The van der Waals surface area contributed by atoms with Crippen LogP contribution >= 0.6 is 11.3 Å². The molecule has 4 nitrogen and oxygen atoms in total. The maximum Gasteiger partial charge on any atom is 0.224 e. The summed E-state index contributed by atoms with van der Waals surface area (Å²) < 4.78 is 0. The minimum Gasteiger partial charge on any atom is -0.355 e. The first-order valence-corrected chi connectivity index (χ1v) is 8.93. The van der Waals surface area contributed by atoms with Crippen molar-refractivity contribution in [2.75, 3.05) is 6.54 Å². The molecule has 1 fully saturated rings. The fourth-order valence-electron chi connectivity index (χ4n) is 2.72. The fourth-order valence-corrected chi connectivity index (χ4v) is 3.60. The van der Waals surface area contributed by atoms with E-state index in [1.807, 2.05) is 13.8 Å². The van der Waals surface area contributed by atoms with Crippen LogP contribution in [0.1, 0.15) is 62.6 Å². The highest BCUT2D eigenvalue weighted by molar-refractivity contribution is 7.09. The first kappa shape index (κ1) is 16.4. The van der Waals surface area contributed by atoms with Gasteiger partial charge < -0.3 is 11.1 Å². The number of rotatable bonds is 6. The van der Waals surface area contributed by atoms with Gasteiger partial charge in [-0.2, -0.15) is 0 Å². The summed E-state index contributed by atoms with van der Waals surface area (Å²) in [4.78, 5) is 16.6. The average molecular weight is 309 g/mol. The second kappa shape index (κ2) is 7.90. The zero-order chi connectivity index (χ0) is 15.2. The number of hydrogen-bond acceptors (Lipinski definition) is 4. The number of carbonyl (C=O) groups excluding carboxylic acids is 1. The summed E-state index contributed by atoms with van der Waals surface area (Å²) in [6.07, 6.45) is 7.43. The number of nitrogens with zero attached hydrogens (tertiary/aromatic N) is 1. The third-order valence-electron chi connectivity index (χ3n) is 4.43. The molecule has 2 atom stereocenters. The predicted octanol–water partition coefficient (Wildman–Crippen LogP) is 2.83. The number of nitrogens with one attached hydrogen (secondary N) is 1. The Balaban J connectivity index is 1.76. The number of carbonyl (C=O) groups is 1. The molecular weight excluding hydrogens is 282 g/mol. The van der Waals surface area contributed by atoms with Crippen LogP contribution in [0.3, 0.4) is 0 Å². The highest BCUT2D eigenvalue weighted by Gasteiger charge is 2.19. The summed E-state index contributed by atoms with van der Waals surface area (Å²) in [6, 6.07) is -0.109. The molecule has 5 heteroatoms. The highest BCUT2D eigenvalue weighted by Crippen LogP contribution is 2.33. The minimum absolute atomic E-state index is 0.0362. The molecule has 1 amide bonds. The summed E-state index contributed by atoms with van der Waals surface area (Å²) in [5, 5.41) is 6.28. The van der Waals surface area contributed by atoms with Gasteiger partial charge in [0.05, 0.1) is 10.7 Å². The molecule has 0 saturated heterocycles. The summed E-state index contributed by atoms with van der Waals surface area (Å²) in [6.45, 7) is 4.37. The molecule has 2 unspecified atom stereocenters. The minimum atomic E-state index is -0.140. The molecule has 3 N–H and O–H groups in total. The van der Waals surface area contributed by atoms with Gasteiger partial charge in [-0.1, -0.05) is 26.2 Å². The lowest BCUT2D eigenvalue weighted by Crippen LogP contribution is -2.39. The van der Waals surface area contributed by atoms with Gasteiger partial charge in [-0.25, -0.2) is 4.98 Å². The Morgan fingerprint density at radius 3 is 2.81 bits per heavy atom. The Morgan fingerprint density at radius 1 is 1.43 bits per heavy atom. The molecule has 0 radical (unpaired) electrons. The van der Waals surface area contributed by atoms with Gasteiger partial charge in [0.15, 0.2) is 0 Å². The van der Waals surface area contributed by atoms with E-state index in [2.05, 4.69) is 10.7 Å². The van der Waals surface area contributed by atoms with Crippen molar-refractivity contribution in [2.24, 2.45) is 11.7 Å². The smallest absolute Gasteiger partial charge is 0.224 e. The van der Waals surface area contributed by atoms with E-state index < -0.39 is 0 Å². The van der Waals surface area contributed by atoms with E-state index in [9.17, 15) is 4.79 Å². The van der Waals surface area contributed by atoms with Crippen LogP contribution < -0.4 is 11.1 Å². The average Bonchev–Trinajstić information content (AvgIpc) is 2.96.